The molecule has 0 saturated heterocycles. The molecule has 3 atom stereocenters. The summed E-state index contributed by atoms with van der Waals surface area (Å²) in [5.41, 5.74) is 2.13. The number of thioether (sulfide) groups is 1. The van der Waals surface area contributed by atoms with E-state index in [1.54, 1.807) is 12.1 Å². The van der Waals surface area contributed by atoms with Crippen molar-refractivity contribution in [2.45, 2.75) is 42.8 Å². The third-order valence-electron chi connectivity index (χ3n) is 6.69. The van der Waals surface area contributed by atoms with Crippen LogP contribution in [0.15, 0.2) is 95.9 Å². The van der Waals surface area contributed by atoms with Crippen LogP contribution in [0.3, 0.4) is 0 Å². The molecule has 0 fully saturated rings. The molecule has 0 heterocycles. The Morgan fingerprint density at radius 2 is 1.50 bits per heavy atom. The Bertz CT molecular complexity index is 1310. The summed E-state index contributed by atoms with van der Waals surface area (Å²) in [5.74, 6) is -1.99. The van der Waals surface area contributed by atoms with Crippen molar-refractivity contribution in [2.75, 3.05) is 17.2 Å². The minimum Gasteiger partial charge on any atom is -0.494 e. The van der Waals surface area contributed by atoms with Gasteiger partial charge in [0, 0.05) is 16.3 Å². The molecular weight excluding hydrogens is 524 g/mol. The van der Waals surface area contributed by atoms with Crippen LogP contribution in [0.4, 0.5) is 11.4 Å². The molecule has 0 spiro atoms. The Balaban J connectivity index is 1.42. The highest BCUT2D eigenvalue weighted by Crippen LogP contribution is 2.37. The Hall–Kier alpha value is -4.04. The molecule has 8 heteroatoms. The molecule has 3 aromatic rings. The molecule has 1 aliphatic carbocycles. The zero-order chi connectivity index (χ0) is 28.3. The number of carbonyl (C=O) groups is 3. The fourth-order valence-electron chi connectivity index (χ4n) is 4.44. The monoisotopic (exact) mass is 558 g/mol. The molecule has 0 saturated carbocycles. The van der Waals surface area contributed by atoms with Gasteiger partial charge in [0.1, 0.15) is 11.0 Å². The first-order chi connectivity index (χ1) is 19.4. The summed E-state index contributed by atoms with van der Waals surface area (Å²) in [5, 5.41) is 14.8. The lowest BCUT2D eigenvalue weighted by Gasteiger charge is -2.24. The predicted molar refractivity (Wildman–Crippen MR) is 159 cm³/mol. The highest BCUT2D eigenvalue weighted by Gasteiger charge is 2.34. The first kappa shape index (κ1) is 29.0. The van der Waals surface area contributed by atoms with Gasteiger partial charge in [0.05, 0.1) is 18.4 Å². The number of allylic oxidation sites excluding steroid dienone is 2. The van der Waals surface area contributed by atoms with Crippen molar-refractivity contribution in [3.63, 3.8) is 0 Å². The van der Waals surface area contributed by atoms with E-state index >= 15 is 0 Å². The second kappa shape index (κ2) is 14.4. The average molecular weight is 559 g/mol. The minimum absolute atomic E-state index is 0.154. The maximum absolute atomic E-state index is 13.4. The number of carbonyl (C=O) groups excluding carboxylic acids is 2. The van der Waals surface area contributed by atoms with Gasteiger partial charge >= 0.3 is 5.97 Å². The highest BCUT2D eigenvalue weighted by molar-refractivity contribution is 8.00. The summed E-state index contributed by atoms with van der Waals surface area (Å²) in [6.45, 7) is 2.78. The summed E-state index contributed by atoms with van der Waals surface area (Å²) in [7, 11) is 0. The number of unbranched alkanes of at least 4 members (excludes halogenated alkanes) is 1. The molecule has 0 aromatic heterocycles. The van der Waals surface area contributed by atoms with Gasteiger partial charge in [-0.2, -0.15) is 0 Å². The van der Waals surface area contributed by atoms with Gasteiger partial charge in [0.2, 0.25) is 11.8 Å². The van der Waals surface area contributed by atoms with E-state index in [1.807, 2.05) is 78.9 Å². The summed E-state index contributed by atoms with van der Waals surface area (Å²) < 4.78 is 5.71. The SMILES string of the molecule is CCCCOc1ccc(NC(=O)C(Sc2ccc(NC(=O)C3CC=CCC3C(=O)O)cc2)c2ccccc2)cc1. The van der Waals surface area contributed by atoms with Crippen molar-refractivity contribution in [1.29, 1.82) is 0 Å². The minimum atomic E-state index is -0.960. The maximum atomic E-state index is 13.4. The molecule has 7 nitrogen and oxygen atoms in total. The van der Waals surface area contributed by atoms with Crippen LogP contribution in [-0.4, -0.2) is 29.5 Å². The Morgan fingerprint density at radius 3 is 2.15 bits per heavy atom. The number of ether oxygens (including phenoxy) is 1. The molecular formula is C32H34N2O5S. The molecule has 4 rings (SSSR count). The zero-order valence-electron chi connectivity index (χ0n) is 22.4. The van der Waals surface area contributed by atoms with E-state index in [9.17, 15) is 19.5 Å². The fraction of sp³-hybridized carbons (Fsp3) is 0.281. The number of hydrogen-bond acceptors (Lipinski definition) is 5. The quantitative estimate of drug-likeness (QED) is 0.126. The van der Waals surface area contributed by atoms with E-state index in [0.29, 0.717) is 30.8 Å². The maximum Gasteiger partial charge on any atom is 0.307 e. The number of anilines is 2. The summed E-state index contributed by atoms with van der Waals surface area (Å²) in [6.07, 6.45) is 6.47. The standard InChI is InChI=1S/C32H34N2O5S/c1-2-3-21-39-25-17-13-23(14-18-25)34-31(36)29(22-9-5-4-6-10-22)40-26-19-15-24(16-20-26)33-30(35)27-11-7-8-12-28(27)32(37)38/h4-10,13-20,27-29H,2-3,11-12,21H2,1H3,(H,33,35)(H,34,36)(H,37,38). The topological polar surface area (TPSA) is 105 Å². The second-order valence-corrected chi connectivity index (χ2v) is 10.8. The van der Waals surface area contributed by atoms with Gasteiger partial charge in [-0.3, -0.25) is 14.4 Å². The van der Waals surface area contributed by atoms with Gasteiger partial charge in [0.25, 0.3) is 0 Å². The van der Waals surface area contributed by atoms with E-state index in [-0.39, 0.29) is 11.8 Å². The number of hydrogen-bond donors (Lipinski definition) is 3. The largest absolute Gasteiger partial charge is 0.494 e. The number of nitrogens with one attached hydrogen (secondary N) is 2. The van der Waals surface area contributed by atoms with Gasteiger partial charge in [-0.15, -0.1) is 11.8 Å². The van der Waals surface area contributed by atoms with Gasteiger partial charge < -0.3 is 20.5 Å². The average Bonchev–Trinajstić information content (AvgIpc) is 2.98. The lowest BCUT2D eigenvalue weighted by Crippen LogP contribution is -2.34. The predicted octanol–water partition coefficient (Wildman–Crippen LogP) is 6.94. The molecule has 3 aromatic carbocycles. The van der Waals surface area contributed by atoms with Crippen molar-refractivity contribution in [3.05, 3.63) is 96.6 Å². The first-order valence-electron chi connectivity index (χ1n) is 13.5. The number of carboxylic acids is 1. The smallest absolute Gasteiger partial charge is 0.307 e. The number of benzene rings is 3. The fourth-order valence-corrected chi connectivity index (χ4v) is 5.47. The van der Waals surface area contributed by atoms with Crippen LogP contribution in [0, 0.1) is 11.8 Å². The van der Waals surface area contributed by atoms with Crippen molar-refractivity contribution in [3.8, 4) is 5.75 Å². The molecule has 3 unspecified atom stereocenters. The van der Waals surface area contributed by atoms with Crippen LogP contribution >= 0.6 is 11.8 Å². The molecule has 3 N–H and O–H groups in total. The highest BCUT2D eigenvalue weighted by atomic mass is 32.2. The molecule has 0 aliphatic heterocycles. The van der Waals surface area contributed by atoms with Crippen LogP contribution in [0.5, 0.6) is 5.75 Å². The molecule has 40 heavy (non-hydrogen) atoms. The molecule has 1 aliphatic rings. The van der Waals surface area contributed by atoms with Gasteiger partial charge in [-0.1, -0.05) is 55.8 Å². The summed E-state index contributed by atoms with van der Waals surface area (Å²) in [4.78, 5) is 38.6. The van der Waals surface area contributed by atoms with Crippen molar-refractivity contribution in [2.24, 2.45) is 11.8 Å². The van der Waals surface area contributed by atoms with Crippen LogP contribution < -0.4 is 15.4 Å². The Labute approximate surface area is 239 Å². The molecule has 0 bridgehead atoms. The van der Waals surface area contributed by atoms with E-state index in [4.69, 9.17) is 4.74 Å². The second-order valence-electron chi connectivity index (χ2n) is 9.63. The number of aliphatic carboxylic acids is 1. The van der Waals surface area contributed by atoms with Crippen LogP contribution in [0.2, 0.25) is 0 Å². The van der Waals surface area contributed by atoms with E-state index in [0.717, 1.165) is 29.1 Å². The summed E-state index contributed by atoms with van der Waals surface area (Å²) >= 11 is 1.41. The van der Waals surface area contributed by atoms with Gasteiger partial charge in [-0.25, -0.2) is 0 Å². The molecule has 2 amide bonds. The van der Waals surface area contributed by atoms with E-state index < -0.39 is 23.1 Å². The lowest BCUT2D eigenvalue weighted by atomic mass is 9.82. The molecule has 208 valence electrons. The molecule has 0 radical (unpaired) electrons. The number of amides is 2. The Morgan fingerprint density at radius 1 is 0.875 bits per heavy atom. The van der Waals surface area contributed by atoms with Crippen LogP contribution in [0.1, 0.15) is 43.4 Å². The van der Waals surface area contributed by atoms with E-state index in [2.05, 4.69) is 17.6 Å². The van der Waals surface area contributed by atoms with Crippen LogP contribution in [0.25, 0.3) is 0 Å². The summed E-state index contributed by atoms with van der Waals surface area (Å²) in [6, 6.07) is 24.2. The first-order valence-corrected chi connectivity index (χ1v) is 14.4. The third kappa shape index (κ3) is 7.99. The normalized spacial score (nSPS) is 17.0. The van der Waals surface area contributed by atoms with Crippen molar-refractivity contribution >= 4 is 40.9 Å². The lowest BCUT2D eigenvalue weighted by molar-refractivity contribution is -0.146. The number of carboxylic acid groups (broad SMARTS) is 1. The Kier molecular flexibility index (Phi) is 10.4. The zero-order valence-corrected chi connectivity index (χ0v) is 23.2. The van der Waals surface area contributed by atoms with E-state index in [1.165, 1.54) is 11.8 Å². The van der Waals surface area contributed by atoms with Crippen LogP contribution in [-0.2, 0) is 14.4 Å². The third-order valence-corrected chi connectivity index (χ3v) is 7.96. The van der Waals surface area contributed by atoms with Crippen molar-refractivity contribution < 1.29 is 24.2 Å². The van der Waals surface area contributed by atoms with Crippen molar-refractivity contribution in [1.82, 2.24) is 0 Å². The van der Waals surface area contributed by atoms with Gasteiger partial charge in [-0.05, 0) is 73.4 Å². The van der Waals surface area contributed by atoms with Gasteiger partial charge in [0.15, 0.2) is 0 Å². The number of rotatable bonds is 12.